The van der Waals surface area contributed by atoms with Gasteiger partial charge in [-0.2, -0.15) is 0 Å². The van der Waals surface area contributed by atoms with E-state index in [9.17, 15) is 14.9 Å². The molecule has 1 unspecified atom stereocenters. The Morgan fingerprint density at radius 3 is 2.82 bits per heavy atom. The van der Waals surface area contributed by atoms with Gasteiger partial charge in [-0.05, 0) is 18.2 Å². The van der Waals surface area contributed by atoms with Crippen LogP contribution in [0, 0.1) is 10.1 Å². The van der Waals surface area contributed by atoms with Gasteiger partial charge in [0.2, 0.25) is 0 Å². The molecular formula is C18H17N5O5. The highest BCUT2D eigenvalue weighted by molar-refractivity contribution is 5.91. The predicted octanol–water partition coefficient (Wildman–Crippen LogP) is 1.75. The first-order valence-electron chi connectivity index (χ1n) is 8.62. The maximum absolute atomic E-state index is 11.9. The van der Waals surface area contributed by atoms with Crippen LogP contribution in [-0.4, -0.2) is 52.3 Å². The number of nitrogens with one attached hydrogen (secondary N) is 1. The summed E-state index contributed by atoms with van der Waals surface area (Å²) in [5, 5.41) is 18.6. The van der Waals surface area contributed by atoms with Crippen molar-refractivity contribution in [2.45, 2.75) is 6.10 Å². The van der Waals surface area contributed by atoms with Crippen molar-refractivity contribution in [2.24, 2.45) is 0 Å². The summed E-state index contributed by atoms with van der Waals surface area (Å²) in [4.78, 5) is 27.0. The molecule has 4 rings (SSSR count). The maximum Gasteiger partial charge on any atom is 0.339 e. The van der Waals surface area contributed by atoms with E-state index >= 15 is 0 Å². The topological polar surface area (TPSA) is 121 Å². The zero-order valence-corrected chi connectivity index (χ0v) is 15.0. The Morgan fingerprint density at radius 2 is 2.18 bits per heavy atom. The number of hydrogen-bond acceptors (Lipinski definition) is 8. The summed E-state index contributed by atoms with van der Waals surface area (Å²) in [6, 6.07) is 7.65. The van der Waals surface area contributed by atoms with Gasteiger partial charge in [-0.25, -0.2) is 14.3 Å². The van der Waals surface area contributed by atoms with Crippen molar-refractivity contribution in [3.8, 4) is 11.4 Å². The Labute approximate surface area is 159 Å². The van der Waals surface area contributed by atoms with Crippen molar-refractivity contribution in [1.82, 2.24) is 19.9 Å². The van der Waals surface area contributed by atoms with Crippen LogP contribution >= 0.6 is 0 Å². The normalized spacial score (nSPS) is 16.8. The summed E-state index contributed by atoms with van der Waals surface area (Å²) in [6.07, 6.45) is 1.26. The lowest BCUT2D eigenvalue weighted by atomic mass is 10.1. The number of morpholine rings is 1. The fourth-order valence-electron chi connectivity index (χ4n) is 3.08. The van der Waals surface area contributed by atoms with Gasteiger partial charge in [-0.3, -0.25) is 10.1 Å². The number of esters is 1. The second kappa shape index (κ2) is 7.33. The third-order valence-electron chi connectivity index (χ3n) is 4.48. The number of non-ortho nitro benzene ring substituents is 1. The van der Waals surface area contributed by atoms with Crippen LogP contribution in [0.1, 0.15) is 22.2 Å². The van der Waals surface area contributed by atoms with E-state index < -0.39 is 10.9 Å². The standard InChI is InChI=1S/C18H17N5O5/c1-27-18(24)12-8-14-16(15-9-19-6-7-28-15)20-17(21-22(14)10-12)11-2-4-13(5-3-11)23(25)26/h2-5,8,10,15,19H,6-7,9H2,1H3. The molecule has 1 saturated heterocycles. The highest BCUT2D eigenvalue weighted by atomic mass is 16.6. The van der Waals surface area contributed by atoms with Gasteiger partial charge in [0.15, 0.2) is 5.82 Å². The first kappa shape index (κ1) is 18.0. The summed E-state index contributed by atoms with van der Waals surface area (Å²) in [7, 11) is 1.31. The van der Waals surface area contributed by atoms with Crippen LogP contribution in [0.25, 0.3) is 16.9 Å². The number of nitro benzene ring substituents is 1. The third kappa shape index (κ3) is 3.30. The first-order valence-corrected chi connectivity index (χ1v) is 8.62. The van der Waals surface area contributed by atoms with Crippen LogP contribution in [0.2, 0.25) is 0 Å². The highest BCUT2D eigenvalue weighted by Crippen LogP contribution is 2.27. The summed E-state index contributed by atoms with van der Waals surface area (Å²) in [6.45, 7) is 1.87. The Bertz CT molecular complexity index is 1040. The lowest BCUT2D eigenvalue weighted by Gasteiger charge is -2.24. The van der Waals surface area contributed by atoms with Crippen LogP contribution in [-0.2, 0) is 9.47 Å². The molecular weight excluding hydrogens is 366 g/mol. The van der Waals surface area contributed by atoms with Gasteiger partial charge in [0.1, 0.15) is 6.10 Å². The van der Waals surface area contributed by atoms with E-state index in [0.29, 0.717) is 41.3 Å². The van der Waals surface area contributed by atoms with E-state index in [-0.39, 0.29) is 11.8 Å². The van der Waals surface area contributed by atoms with Crippen molar-refractivity contribution in [2.75, 3.05) is 26.8 Å². The number of carbonyl (C=O) groups is 1. The minimum Gasteiger partial charge on any atom is -0.465 e. The van der Waals surface area contributed by atoms with Crippen molar-refractivity contribution in [3.63, 3.8) is 0 Å². The van der Waals surface area contributed by atoms with Crippen LogP contribution in [0.3, 0.4) is 0 Å². The Hall–Kier alpha value is -3.37. The smallest absolute Gasteiger partial charge is 0.339 e. The van der Waals surface area contributed by atoms with E-state index in [4.69, 9.17) is 9.47 Å². The number of nitrogens with zero attached hydrogens (tertiary/aromatic N) is 4. The molecule has 1 aliphatic rings. The predicted molar refractivity (Wildman–Crippen MR) is 98.0 cm³/mol. The number of carbonyl (C=O) groups excluding carboxylic acids is 1. The van der Waals surface area contributed by atoms with Gasteiger partial charge in [0.05, 0.1) is 35.4 Å². The molecule has 3 heterocycles. The van der Waals surface area contributed by atoms with Gasteiger partial charge >= 0.3 is 5.97 Å². The first-order chi connectivity index (χ1) is 13.6. The van der Waals surface area contributed by atoms with E-state index in [1.807, 2.05) is 0 Å². The Balaban J connectivity index is 1.84. The fraction of sp³-hybridized carbons (Fsp3) is 0.278. The zero-order valence-electron chi connectivity index (χ0n) is 15.0. The lowest BCUT2D eigenvalue weighted by Crippen LogP contribution is -2.34. The van der Waals surface area contributed by atoms with E-state index in [1.165, 1.54) is 19.2 Å². The molecule has 0 radical (unpaired) electrons. The van der Waals surface area contributed by atoms with Gasteiger partial charge < -0.3 is 14.8 Å². The number of benzene rings is 1. The molecule has 1 N–H and O–H groups in total. The number of methoxy groups -OCH3 is 1. The minimum absolute atomic E-state index is 0.0150. The molecule has 0 bridgehead atoms. The summed E-state index contributed by atoms with van der Waals surface area (Å²) in [5.74, 6) is -0.102. The molecule has 0 saturated carbocycles. The second-order valence-electron chi connectivity index (χ2n) is 6.24. The van der Waals surface area contributed by atoms with Crippen LogP contribution < -0.4 is 5.32 Å². The summed E-state index contributed by atoms with van der Waals surface area (Å²) < 4.78 is 12.2. The Kier molecular flexibility index (Phi) is 4.72. The molecule has 1 aromatic carbocycles. The van der Waals surface area contributed by atoms with Crippen LogP contribution in [0.5, 0.6) is 0 Å². The van der Waals surface area contributed by atoms with Gasteiger partial charge in [-0.1, -0.05) is 0 Å². The molecule has 28 heavy (non-hydrogen) atoms. The van der Waals surface area contributed by atoms with Crippen molar-refractivity contribution < 1.29 is 19.2 Å². The molecule has 1 fully saturated rings. The van der Waals surface area contributed by atoms with E-state index in [0.717, 1.165) is 6.54 Å². The second-order valence-corrected chi connectivity index (χ2v) is 6.24. The average Bonchev–Trinajstić information content (AvgIpc) is 3.17. The summed E-state index contributed by atoms with van der Waals surface area (Å²) >= 11 is 0. The van der Waals surface area contributed by atoms with Crippen molar-refractivity contribution >= 4 is 17.2 Å². The number of nitro groups is 1. The number of fused-ring (bicyclic) bond motifs is 1. The zero-order chi connectivity index (χ0) is 19.7. The molecule has 0 spiro atoms. The van der Waals surface area contributed by atoms with E-state index in [2.05, 4.69) is 15.4 Å². The number of rotatable bonds is 4. The SMILES string of the molecule is COC(=O)c1cc2c(C3CNCCO3)nc(-c3ccc([N+](=O)[O-])cc3)nn2c1. The minimum atomic E-state index is -0.476. The summed E-state index contributed by atoms with van der Waals surface area (Å²) in [5.41, 5.74) is 2.22. The monoisotopic (exact) mass is 383 g/mol. The van der Waals surface area contributed by atoms with Crippen molar-refractivity contribution in [3.05, 3.63) is 57.9 Å². The molecule has 10 heteroatoms. The molecule has 1 aliphatic heterocycles. The maximum atomic E-state index is 11.9. The van der Waals surface area contributed by atoms with Gasteiger partial charge in [-0.15, -0.1) is 5.10 Å². The fourth-order valence-corrected chi connectivity index (χ4v) is 3.08. The van der Waals surface area contributed by atoms with Crippen molar-refractivity contribution in [1.29, 1.82) is 0 Å². The largest absolute Gasteiger partial charge is 0.465 e. The molecule has 2 aromatic heterocycles. The number of hydrogen-bond donors (Lipinski definition) is 1. The molecule has 0 amide bonds. The molecule has 144 valence electrons. The quantitative estimate of drug-likeness (QED) is 0.411. The third-order valence-corrected chi connectivity index (χ3v) is 4.48. The van der Waals surface area contributed by atoms with Gasteiger partial charge in [0.25, 0.3) is 5.69 Å². The molecule has 10 nitrogen and oxygen atoms in total. The number of aromatic nitrogens is 3. The number of ether oxygens (including phenoxy) is 2. The molecule has 1 atom stereocenters. The van der Waals surface area contributed by atoms with Crippen LogP contribution in [0.4, 0.5) is 5.69 Å². The Morgan fingerprint density at radius 1 is 1.39 bits per heavy atom. The van der Waals surface area contributed by atoms with E-state index in [1.54, 1.807) is 28.9 Å². The van der Waals surface area contributed by atoms with Crippen LogP contribution in [0.15, 0.2) is 36.5 Å². The molecule has 0 aliphatic carbocycles. The lowest BCUT2D eigenvalue weighted by molar-refractivity contribution is -0.384. The van der Waals surface area contributed by atoms with Gasteiger partial charge in [0, 0.05) is 37.0 Å². The average molecular weight is 383 g/mol. The highest BCUT2D eigenvalue weighted by Gasteiger charge is 2.24. The molecule has 3 aromatic rings.